The summed E-state index contributed by atoms with van der Waals surface area (Å²) in [6.07, 6.45) is 0. The minimum Gasteiger partial charge on any atom is -0.435 e. The maximum absolute atomic E-state index is 6.38. The molecule has 8 aromatic rings. The fraction of sp³-hybridized carbons (Fsp3) is 0. The topological polar surface area (TPSA) is 29.3 Å². The van der Waals surface area contributed by atoms with E-state index in [1.54, 1.807) is 0 Å². The van der Waals surface area contributed by atoms with E-state index in [-0.39, 0.29) is 0 Å². The minimum absolute atomic E-state index is 0.632. The van der Waals surface area contributed by atoms with Gasteiger partial charge in [0.05, 0.1) is 0 Å². The third-order valence-corrected chi connectivity index (χ3v) is 7.86. The molecule has 0 radical (unpaired) electrons. The molecule has 0 bridgehead atoms. The van der Waals surface area contributed by atoms with E-state index in [4.69, 9.17) is 9.40 Å². The highest BCUT2D eigenvalue weighted by molar-refractivity contribution is 6.05. The van der Waals surface area contributed by atoms with Crippen molar-refractivity contribution in [3.8, 4) is 22.6 Å². The van der Waals surface area contributed by atoms with Gasteiger partial charge in [-0.2, -0.15) is 0 Å². The van der Waals surface area contributed by atoms with Gasteiger partial charge in [0.25, 0.3) is 0 Å². The Bertz CT molecular complexity index is 2180. The van der Waals surface area contributed by atoms with Crippen molar-refractivity contribution in [2.45, 2.75) is 0 Å². The fourth-order valence-corrected chi connectivity index (χ4v) is 5.73. The van der Waals surface area contributed by atoms with E-state index in [1.807, 2.05) is 42.5 Å². The molecule has 0 N–H and O–H groups in total. The van der Waals surface area contributed by atoms with Gasteiger partial charge in [0, 0.05) is 28.0 Å². The van der Waals surface area contributed by atoms with Crippen LogP contribution < -0.4 is 4.90 Å². The Labute approximate surface area is 243 Å². The lowest BCUT2D eigenvalue weighted by Gasteiger charge is -2.26. The van der Waals surface area contributed by atoms with Gasteiger partial charge in [-0.25, -0.2) is 4.98 Å². The third kappa shape index (κ3) is 4.29. The Kier molecular flexibility index (Phi) is 5.79. The van der Waals surface area contributed by atoms with E-state index >= 15 is 0 Å². The number of fused-ring (bicyclic) bond motifs is 4. The number of anilines is 3. The Balaban J connectivity index is 1.23. The largest absolute Gasteiger partial charge is 0.435 e. The highest BCUT2D eigenvalue weighted by Gasteiger charge is 2.16. The molecule has 1 heterocycles. The molecule has 0 aliphatic rings. The zero-order chi connectivity index (χ0) is 27.9. The lowest BCUT2D eigenvalue weighted by molar-refractivity contribution is 0.623. The standard InChI is InChI=1S/C39H26N2O/c1-3-10-30(11-4-1)39-40-37-24-20-29-19-23-35(26-36(29)38(37)42-39)41(33-13-5-2-6-14-33)34-21-17-28(18-22-34)32-16-15-27-9-7-8-12-31(27)25-32/h1-26H. The molecule has 0 saturated heterocycles. The van der Waals surface area contributed by atoms with Crippen molar-refractivity contribution in [2.75, 3.05) is 4.90 Å². The Morgan fingerprint density at radius 3 is 1.86 bits per heavy atom. The summed E-state index contributed by atoms with van der Waals surface area (Å²) < 4.78 is 6.38. The summed E-state index contributed by atoms with van der Waals surface area (Å²) in [5.74, 6) is 0.632. The van der Waals surface area contributed by atoms with Gasteiger partial charge in [0.15, 0.2) is 5.58 Å². The average molecular weight is 539 g/mol. The highest BCUT2D eigenvalue weighted by atomic mass is 16.3. The zero-order valence-electron chi connectivity index (χ0n) is 22.8. The van der Waals surface area contributed by atoms with Gasteiger partial charge < -0.3 is 9.32 Å². The molecule has 3 heteroatoms. The molecule has 0 amide bonds. The highest BCUT2D eigenvalue weighted by Crippen LogP contribution is 2.39. The third-order valence-electron chi connectivity index (χ3n) is 7.86. The lowest BCUT2D eigenvalue weighted by Crippen LogP contribution is -2.09. The first-order valence-corrected chi connectivity index (χ1v) is 14.1. The molecule has 7 aromatic carbocycles. The van der Waals surface area contributed by atoms with Crippen molar-refractivity contribution in [2.24, 2.45) is 0 Å². The van der Waals surface area contributed by atoms with E-state index in [9.17, 15) is 0 Å². The Morgan fingerprint density at radius 2 is 1.05 bits per heavy atom. The summed E-state index contributed by atoms with van der Waals surface area (Å²) in [5, 5.41) is 4.64. The SMILES string of the molecule is c1ccc(-c2nc3ccc4ccc(N(c5ccccc5)c5ccc(-c6ccc7ccccc7c6)cc5)cc4c3o2)cc1. The van der Waals surface area contributed by atoms with Gasteiger partial charge in [-0.05, 0) is 87.9 Å². The minimum atomic E-state index is 0.632. The van der Waals surface area contributed by atoms with Crippen LogP contribution in [0, 0.1) is 0 Å². The Hall–Kier alpha value is -5.67. The fourth-order valence-electron chi connectivity index (χ4n) is 5.73. The number of rotatable bonds is 5. The Morgan fingerprint density at radius 1 is 0.429 bits per heavy atom. The predicted octanol–water partition coefficient (Wildman–Crippen LogP) is 10.9. The molecule has 0 fully saturated rings. The number of hydrogen-bond donors (Lipinski definition) is 0. The van der Waals surface area contributed by atoms with Crippen LogP contribution in [0.4, 0.5) is 17.1 Å². The summed E-state index contributed by atoms with van der Waals surface area (Å²) in [5.41, 5.74) is 8.24. The van der Waals surface area contributed by atoms with E-state index < -0.39 is 0 Å². The maximum Gasteiger partial charge on any atom is 0.227 e. The van der Waals surface area contributed by atoms with E-state index in [1.165, 1.54) is 21.9 Å². The molecule has 0 spiro atoms. The second-order valence-corrected chi connectivity index (χ2v) is 10.5. The van der Waals surface area contributed by atoms with Crippen LogP contribution in [0.1, 0.15) is 0 Å². The number of oxazole rings is 1. The monoisotopic (exact) mass is 538 g/mol. The second-order valence-electron chi connectivity index (χ2n) is 10.5. The van der Waals surface area contributed by atoms with Crippen molar-refractivity contribution in [1.82, 2.24) is 4.98 Å². The van der Waals surface area contributed by atoms with Crippen LogP contribution in [0.3, 0.4) is 0 Å². The maximum atomic E-state index is 6.38. The van der Waals surface area contributed by atoms with Crippen molar-refractivity contribution in [1.29, 1.82) is 0 Å². The van der Waals surface area contributed by atoms with Crippen LogP contribution >= 0.6 is 0 Å². The number of hydrogen-bond acceptors (Lipinski definition) is 3. The summed E-state index contributed by atoms with van der Waals surface area (Å²) in [6, 6.07) is 55.2. The van der Waals surface area contributed by atoms with Gasteiger partial charge in [0.2, 0.25) is 5.89 Å². The van der Waals surface area contributed by atoms with E-state index in [0.29, 0.717) is 5.89 Å². The summed E-state index contributed by atoms with van der Waals surface area (Å²) >= 11 is 0. The van der Waals surface area contributed by atoms with Gasteiger partial charge in [-0.3, -0.25) is 0 Å². The average Bonchev–Trinajstić information content (AvgIpc) is 3.51. The van der Waals surface area contributed by atoms with Gasteiger partial charge in [-0.15, -0.1) is 0 Å². The van der Waals surface area contributed by atoms with Crippen LogP contribution in [0.5, 0.6) is 0 Å². The lowest BCUT2D eigenvalue weighted by atomic mass is 10.0. The quantitative estimate of drug-likeness (QED) is 0.218. The molecule has 0 saturated carbocycles. The molecule has 1 aromatic heterocycles. The number of nitrogens with zero attached hydrogens (tertiary/aromatic N) is 2. The molecule has 3 nitrogen and oxygen atoms in total. The molecular weight excluding hydrogens is 512 g/mol. The zero-order valence-corrected chi connectivity index (χ0v) is 22.8. The van der Waals surface area contributed by atoms with Gasteiger partial charge in [0.1, 0.15) is 5.52 Å². The summed E-state index contributed by atoms with van der Waals surface area (Å²) in [7, 11) is 0. The molecule has 0 atom stereocenters. The number of benzene rings is 7. The van der Waals surface area contributed by atoms with Gasteiger partial charge >= 0.3 is 0 Å². The first kappa shape index (κ1) is 24.2. The second kappa shape index (κ2) is 10.1. The van der Waals surface area contributed by atoms with Crippen molar-refractivity contribution < 1.29 is 4.42 Å². The van der Waals surface area contributed by atoms with Gasteiger partial charge in [-0.1, -0.05) is 97.1 Å². The van der Waals surface area contributed by atoms with Crippen LogP contribution in [0.25, 0.3) is 55.2 Å². The van der Waals surface area contributed by atoms with Crippen LogP contribution in [0.2, 0.25) is 0 Å². The van der Waals surface area contributed by atoms with E-state index in [0.717, 1.165) is 44.5 Å². The molecule has 0 aliphatic carbocycles. The smallest absolute Gasteiger partial charge is 0.227 e. The number of aromatic nitrogens is 1. The molecular formula is C39H26N2O. The normalized spacial score (nSPS) is 11.3. The molecule has 0 aliphatic heterocycles. The van der Waals surface area contributed by atoms with Crippen molar-refractivity contribution >= 4 is 49.7 Å². The van der Waals surface area contributed by atoms with Crippen molar-refractivity contribution in [3.63, 3.8) is 0 Å². The van der Waals surface area contributed by atoms with Crippen molar-refractivity contribution in [3.05, 3.63) is 158 Å². The van der Waals surface area contributed by atoms with Crippen LogP contribution in [-0.2, 0) is 0 Å². The van der Waals surface area contributed by atoms with Crippen LogP contribution in [-0.4, -0.2) is 4.98 Å². The van der Waals surface area contributed by atoms with E-state index in [2.05, 4.69) is 120 Å². The molecule has 198 valence electrons. The predicted molar refractivity (Wildman–Crippen MR) is 175 cm³/mol. The molecule has 42 heavy (non-hydrogen) atoms. The van der Waals surface area contributed by atoms with Crippen LogP contribution in [0.15, 0.2) is 162 Å². The first-order valence-electron chi connectivity index (χ1n) is 14.1. The molecule has 0 unspecified atom stereocenters. The number of para-hydroxylation sites is 1. The first-order chi connectivity index (χ1) is 20.8. The summed E-state index contributed by atoms with van der Waals surface area (Å²) in [4.78, 5) is 7.09. The molecule has 8 rings (SSSR count). The summed E-state index contributed by atoms with van der Waals surface area (Å²) in [6.45, 7) is 0.